The molecule has 0 fully saturated rings. The van der Waals surface area contributed by atoms with Crippen LogP contribution in [0.4, 0.5) is 13.2 Å². The molecule has 0 bridgehead atoms. The quantitative estimate of drug-likeness (QED) is 0.849. The van der Waals surface area contributed by atoms with E-state index in [2.05, 4.69) is 5.32 Å². The van der Waals surface area contributed by atoms with Crippen molar-refractivity contribution < 1.29 is 17.9 Å². The fourth-order valence-corrected chi connectivity index (χ4v) is 2.52. The zero-order chi connectivity index (χ0) is 11.1. The number of likely N-dealkylation sites (N-methyl/N-ethyl adjacent to an activating group) is 1. The van der Waals surface area contributed by atoms with Crippen LogP contribution in [-0.2, 0) is 12.6 Å². The maximum atomic E-state index is 12.4. The number of halogens is 4. The van der Waals surface area contributed by atoms with Gasteiger partial charge in [-0.05, 0) is 7.05 Å². The first kappa shape index (κ1) is 13.6. The van der Waals surface area contributed by atoms with Crippen LogP contribution in [0.25, 0.3) is 0 Å². The van der Waals surface area contributed by atoms with Gasteiger partial charge in [-0.25, -0.2) is 0 Å². The lowest BCUT2D eigenvalue weighted by Crippen LogP contribution is -2.36. The predicted molar refractivity (Wildman–Crippen MR) is 58.6 cm³/mol. The molecule has 1 aliphatic rings. The predicted octanol–water partition coefficient (Wildman–Crippen LogP) is 2.71. The van der Waals surface area contributed by atoms with E-state index in [1.807, 2.05) is 0 Å². The molecule has 0 radical (unpaired) electrons. The number of fused-ring (bicyclic) bond motifs is 1. The molecule has 7 heteroatoms. The summed E-state index contributed by atoms with van der Waals surface area (Å²) < 4.78 is 42.4. The molecule has 0 amide bonds. The Labute approximate surface area is 101 Å². The molecule has 0 spiro atoms. The lowest BCUT2D eigenvalue weighted by atomic mass is 10.1. The molecule has 0 aliphatic carbocycles. The second-order valence-electron chi connectivity index (χ2n) is 3.40. The molecule has 1 N–H and O–H groups in total. The van der Waals surface area contributed by atoms with Gasteiger partial charge in [-0.2, -0.15) is 13.2 Å². The van der Waals surface area contributed by atoms with E-state index in [-0.39, 0.29) is 18.4 Å². The first-order valence-electron chi connectivity index (χ1n) is 4.50. The first-order valence-corrected chi connectivity index (χ1v) is 5.32. The van der Waals surface area contributed by atoms with Crippen molar-refractivity contribution in [1.29, 1.82) is 0 Å². The average molecular weight is 274 g/mol. The van der Waals surface area contributed by atoms with Crippen LogP contribution in [0.1, 0.15) is 9.75 Å². The third-order valence-electron chi connectivity index (χ3n) is 2.33. The Kier molecular flexibility index (Phi) is 4.09. The number of rotatable bonds is 1. The zero-order valence-electron chi connectivity index (χ0n) is 8.43. The van der Waals surface area contributed by atoms with Gasteiger partial charge in [0.25, 0.3) is 0 Å². The van der Waals surface area contributed by atoms with Crippen LogP contribution in [0.15, 0.2) is 6.07 Å². The third-order valence-corrected chi connectivity index (χ3v) is 3.51. The summed E-state index contributed by atoms with van der Waals surface area (Å²) in [6, 6.07) is 1.20. The first-order chi connectivity index (χ1) is 7.00. The Hall–Kier alpha value is -0.460. The van der Waals surface area contributed by atoms with Gasteiger partial charge in [-0.15, -0.1) is 23.7 Å². The maximum Gasteiger partial charge on any atom is 0.425 e. The monoisotopic (exact) mass is 273 g/mol. The molecule has 0 saturated heterocycles. The Balaban J connectivity index is 0.00000128. The summed E-state index contributed by atoms with van der Waals surface area (Å²) in [5.41, 5.74) is 0. The summed E-state index contributed by atoms with van der Waals surface area (Å²) in [5, 5.41) is 2.99. The van der Waals surface area contributed by atoms with E-state index in [4.69, 9.17) is 4.74 Å². The second kappa shape index (κ2) is 4.81. The average Bonchev–Trinajstić information content (AvgIpc) is 2.59. The van der Waals surface area contributed by atoms with E-state index in [1.54, 1.807) is 7.05 Å². The number of hydrogen-bond acceptors (Lipinski definition) is 3. The largest absolute Gasteiger partial charge is 0.491 e. The molecule has 0 aromatic carbocycles. The Morgan fingerprint density at radius 2 is 2.19 bits per heavy atom. The molecule has 1 unspecified atom stereocenters. The van der Waals surface area contributed by atoms with Crippen LogP contribution in [0.5, 0.6) is 5.75 Å². The van der Waals surface area contributed by atoms with Crippen molar-refractivity contribution in [3.05, 3.63) is 15.8 Å². The highest BCUT2D eigenvalue weighted by molar-refractivity contribution is 7.12. The lowest BCUT2D eigenvalue weighted by Gasteiger charge is -2.21. The summed E-state index contributed by atoms with van der Waals surface area (Å²) in [5.74, 6) is 0.388. The molecule has 92 valence electrons. The lowest BCUT2D eigenvalue weighted by molar-refractivity contribution is -0.134. The van der Waals surface area contributed by atoms with Crippen molar-refractivity contribution in [3.8, 4) is 5.75 Å². The SMILES string of the molecule is CNC1COc2cc(C(F)(F)F)sc2C1.Cl. The van der Waals surface area contributed by atoms with Gasteiger partial charge in [-0.1, -0.05) is 0 Å². The van der Waals surface area contributed by atoms with Gasteiger partial charge in [0.15, 0.2) is 0 Å². The molecule has 2 nitrogen and oxygen atoms in total. The number of thiophene rings is 1. The Morgan fingerprint density at radius 3 is 2.75 bits per heavy atom. The number of ether oxygens (including phenoxy) is 1. The van der Waals surface area contributed by atoms with Crippen LogP contribution in [-0.4, -0.2) is 19.7 Å². The van der Waals surface area contributed by atoms with Crippen molar-refractivity contribution in [2.24, 2.45) is 0 Å². The molecule has 1 aromatic rings. The van der Waals surface area contributed by atoms with E-state index >= 15 is 0 Å². The molecule has 2 heterocycles. The minimum absolute atomic E-state index is 0. The summed E-state index contributed by atoms with van der Waals surface area (Å²) >= 11 is 0.771. The second-order valence-corrected chi connectivity index (χ2v) is 4.53. The van der Waals surface area contributed by atoms with Gasteiger partial charge in [0.1, 0.15) is 17.2 Å². The summed E-state index contributed by atoms with van der Waals surface area (Å²) in [6.07, 6.45) is -3.66. The molecular formula is C9H11ClF3NOS. The molecule has 1 aliphatic heterocycles. The fourth-order valence-electron chi connectivity index (χ4n) is 1.47. The highest BCUT2D eigenvalue weighted by Crippen LogP contribution is 2.41. The van der Waals surface area contributed by atoms with Crippen molar-refractivity contribution >= 4 is 23.7 Å². The van der Waals surface area contributed by atoms with E-state index in [9.17, 15) is 13.2 Å². The van der Waals surface area contributed by atoms with Crippen molar-refractivity contribution in [3.63, 3.8) is 0 Å². The maximum absolute atomic E-state index is 12.4. The fraction of sp³-hybridized carbons (Fsp3) is 0.556. The van der Waals surface area contributed by atoms with E-state index in [1.165, 1.54) is 0 Å². The molecule has 0 saturated carbocycles. The van der Waals surface area contributed by atoms with Crippen LogP contribution >= 0.6 is 23.7 Å². The standard InChI is InChI=1S/C9H10F3NOS.ClH/c1-13-5-2-7-6(14-4-5)3-8(15-7)9(10,11)12;/h3,5,13H,2,4H2,1H3;1H. The topological polar surface area (TPSA) is 21.3 Å². The Morgan fingerprint density at radius 1 is 1.50 bits per heavy atom. The van der Waals surface area contributed by atoms with Crippen molar-refractivity contribution in [1.82, 2.24) is 5.32 Å². The number of hydrogen-bond donors (Lipinski definition) is 1. The van der Waals surface area contributed by atoms with Crippen LogP contribution in [0, 0.1) is 0 Å². The molecular weight excluding hydrogens is 263 g/mol. The number of alkyl halides is 3. The minimum atomic E-state index is -4.26. The smallest absolute Gasteiger partial charge is 0.425 e. The van der Waals surface area contributed by atoms with Gasteiger partial charge < -0.3 is 10.1 Å². The highest BCUT2D eigenvalue weighted by atomic mass is 35.5. The third kappa shape index (κ3) is 2.61. The van der Waals surface area contributed by atoms with Crippen LogP contribution in [0.2, 0.25) is 0 Å². The molecule has 1 atom stereocenters. The Bertz CT molecular complexity index is 366. The summed E-state index contributed by atoms with van der Waals surface area (Å²) in [7, 11) is 1.78. The highest BCUT2D eigenvalue weighted by Gasteiger charge is 2.35. The van der Waals surface area contributed by atoms with Gasteiger partial charge >= 0.3 is 6.18 Å². The summed E-state index contributed by atoms with van der Waals surface area (Å²) in [4.78, 5) is 0.0946. The van der Waals surface area contributed by atoms with Crippen molar-refractivity contribution in [2.45, 2.75) is 18.6 Å². The zero-order valence-corrected chi connectivity index (χ0v) is 10.1. The van der Waals surface area contributed by atoms with Gasteiger partial charge in [0.05, 0.1) is 0 Å². The normalized spacial score (nSPS) is 19.6. The molecule has 2 rings (SSSR count). The van der Waals surface area contributed by atoms with Gasteiger partial charge in [0.2, 0.25) is 0 Å². The number of nitrogens with one attached hydrogen (secondary N) is 1. The summed E-state index contributed by atoms with van der Waals surface area (Å²) in [6.45, 7) is 0.428. The van der Waals surface area contributed by atoms with Crippen molar-refractivity contribution in [2.75, 3.05) is 13.7 Å². The minimum Gasteiger partial charge on any atom is -0.491 e. The van der Waals surface area contributed by atoms with Crippen LogP contribution < -0.4 is 10.1 Å². The molecule has 16 heavy (non-hydrogen) atoms. The van der Waals surface area contributed by atoms with Crippen LogP contribution in [0.3, 0.4) is 0 Å². The van der Waals surface area contributed by atoms with E-state index in [0.29, 0.717) is 23.7 Å². The van der Waals surface area contributed by atoms with Gasteiger partial charge in [0, 0.05) is 23.4 Å². The van der Waals surface area contributed by atoms with E-state index < -0.39 is 11.1 Å². The van der Waals surface area contributed by atoms with E-state index in [0.717, 1.165) is 17.4 Å². The van der Waals surface area contributed by atoms with Gasteiger partial charge in [-0.3, -0.25) is 0 Å². The molecule has 1 aromatic heterocycles.